The number of aryl methyl sites for hydroxylation is 2. The van der Waals surface area contributed by atoms with Crippen molar-refractivity contribution in [3.05, 3.63) is 56.8 Å². The standard InChI is InChI=1S/C18H19N5O3S/c1-9-6-5-7-13(8-9)23-12(4)14(21-22-23)16(24)19-11(3)17-20-10(2)15(27-17)18(25)26/h5-8,11H,1-4H3,(H,19,24)(H,25,26). The number of nitrogens with one attached hydrogen (secondary N) is 1. The van der Waals surface area contributed by atoms with Crippen molar-refractivity contribution >= 4 is 23.2 Å². The van der Waals surface area contributed by atoms with E-state index in [2.05, 4.69) is 20.6 Å². The number of carbonyl (C=O) groups excluding carboxylic acids is 1. The monoisotopic (exact) mass is 385 g/mol. The van der Waals surface area contributed by atoms with E-state index in [1.54, 1.807) is 25.5 Å². The van der Waals surface area contributed by atoms with Gasteiger partial charge in [-0.15, -0.1) is 16.4 Å². The van der Waals surface area contributed by atoms with Crippen molar-refractivity contribution in [3.8, 4) is 5.69 Å². The number of nitrogens with zero attached hydrogens (tertiary/aromatic N) is 4. The molecule has 3 aromatic rings. The van der Waals surface area contributed by atoms with Crippen molar-refractivity contribution in [2.24, 2.45) is 0 Å². The molecule has 0 spiro atoms. The van der Waals surface area contributed by atoms with Crippen LogP contribution in [0.25, 0.3) is 5.69 Å². The summed E-state index contributed by atoms with van der Waals surface area (Å²) in [5.41, 5.74) is 3.18. The summed E-state index contributed by atoms with van der Waals surface area (Å²) in [5, 5.41) is 20.6. The van der Waals surface area contributed by atoms with Crippen LogP contribution in [-0.4, -0.2) is 37.0 Å². The molecule has 0 aliphatic carbocycles. The Balaban J connectivity index is 1.81. The predicted molar refractivity (Wildman–Crippen MR) is 101 cm³/mol. The molecule has 0 saturated heterocycles. The number of hydrogen-bond donors (Lipinski definition) is 2. The van der Waals surface area contributed by atoms with E-state index in [4.69, 9.17) is 5.11 Å². The molecule has 2 N–H and O–H groups in total. The fraction of sp³-hybridized carbons (Fsp3) is 0.278. The number of hydrogen-bond acceptors (Lipinski definition) is 6. The third kappa shape index (κ3) is 3.72. The third-order valence-corrected chi connectivity index (χ3v) is 5.41. The molecule has 2 aromatic heterocycles. The fourth-order valence-electron chi connectivity index (χ4n) is 2.67. The topological polar surface area (TPSA) is 110 Å². The summed E-state index contributed by atoms with van der Waals surface area (Å²) in [7, 11) is 0. The Morgan fingerprint density at radius 3 is 2.63 bits per heavy atom. The first-order chi connectivity index (χ1) is 12.8. The van der Waals surface area contributed by atoms with Gasteiger partial charge in [-0.1, -0.05) is 17.3 Å². The smallest absolute Gasteiger partial charge is 0.347 e. The molecule has 3 rings (SSSR count). The molecule has 140 valence electrons. The summed E-state index contributed by atoms with van der Waals surface area (Å²) in [6, 6.07) is 7.30. The van der Waals surface area contributed by atoms with Crippen molar-refractivity contribution in [3.63, 3.8) is 0 Å². The Morgan fingerprint density at radius 2 is 2.00 bits per heavy atom. The fourth-order valence-corrected chi connectivity index (χ4v) is 3.58. The normalized spacial score (nSPS) is 12.0. The highest BCUT2D eigenvalue weighted by molar-refractivity contribution is 7.13. The lowest BCUT2D eigenvalue weighted by Crippen LogP contribution is -2.27. The number of thiazole rings is 1. The van der Waals surface area contributed by atoms with E-state index in [0.29, 0.717) is 16.4 Å². The number of carbonyl (C=O) groups is 2. The quantitative estimate of drug-likeness (QED) is 0.699. The van der Waals surface area contributed by atoms with Crippen molar-refractivity contribution in [1.29, 1.82) is 0 Å². The lowest BCUT2D eigenvalue weighted by molar-refractivity contribution is 0.0700. The summed E-state index contributed by atoms with van der Waals surface area (Å²) in [6.07, 6.45) is 0. The highest BCUT2D eigenvalue weighted by atomic mass is 32.1. The first-order valence-electron chi connectivity index (χ1n) is 8.28. The van der Waals surface area contributed by atoms with E-state index in [-0.39, 0.29) is 16.5 Å². The first-order valence-corrected chi connectivity index (χ1v) is 9.10. The van der Waals surface area contributed by atoms with E-state index in [1.807, 2.05) is 31.2 Å². The molecular weight excluding hydrogens is 366 g/mol. The molecule has 0 aliphatic heterocycles. The average molecular weight is 385 g/mol. The van der Waals surface area contributed by atoms with Gasteiger partial charge in [-0.2, -0.15) is 0 Å². The second kappa shape index (κ2) is 7.28. The van der Waals surface area contributed by atoms with Crippen molar-refractivity contribution in [1.82, 2.24) is 25.3 Å². The number of amides is 1. The zero-order valence-corrected chi connectivity index (χ0v) is 16.2. The minimum absolute atomic E-state index is 0.174. The molecule has 9 heteroatoms. The number of aromatic carboxylic acids is 1. The summed E-state index contributed by atoms with van der Waals surface area (Å²) in [5.74, 6) is -1.41. The van der Waals surface area contributed by atoms with Crippen LogP contribution in [0.15, 0.2) is 24.3 Å². The van der Waals surface area contributed by atoms with Crippen LogP contribution >= 0.6 is 11.3 Å². The number of carboxylic acids is 1. The molecule has 1 aromatic carbocycles. The molecule has 0 bridgehead atoms. The van der Waals surface area contributed by atoms with Gasteiger partial charge in [0.25, 0.3) is 5.91 Å². The van der Waals surface area contributed by atoms with Crippen LogP contribution in [0.2, 0.25) is 0 Å². The highest BCUT2D eigenvalue weighted by Crippen LogP contribution is 2.24. The molecule has 0 radical (unpaired) electrons. The Hall–Kier alpha value is -3.07. The molecule has 0 saturated carbocycles. The van der Waals surface area contributed by atoms with Gasteiger partial charge in [-0.3, -0.25) is 4.79 Å². The lowest BCUT2D eigenvalue weighted by Gasteiger charge is -2.10. The van der Waals surface area contributed by atoms with Crippen LogP contribution in [0.4, 0.5) is 0 Å². The molecule has 0 aliphatic rings. The molecule has 27 heavy (non-hydrogen) atoms. The molecular formula is C18H19N5O3S. The molecule has 2 heterocycles. The van der Waals surface area contributed by atoms with Crippen LogP contribution in [0.1, 0.15) is 55.1 Å². The Bertz CT molecular complexity index is 1020. The van der Waals surface area contributed by atoms with Gasteiger partial charge in [0.15, 0.2) is 5.69 Å². The number of carboxylic acid groups (broad SMARTS) is 1. The van der Waals surface area contributed by atoms with Crippen LogP contribution in [0, 0.1) is 20.8 Å². The SMILES string of the molecule is Cc1cccc(-n2nnc(C(=O)NC(C)c3nc(C)c(C(=O)O)s3)c2C)c1. The summed E-state index contributed by atoms with van der Waals surface area (Å²) in [6.45, 7) is 7.14. The van der Waals surface area contributed by atoms with Gasteiger partial charge in [-0.05, 0) is 45.4 Å². The van der Waals surface area contributed by atoms with Crippen LogP contribution in [0.3, 0.4) is 0 Å². The third-order valence-electron chi connectivity index (χ3n) is 4.08. The summed E-state index contributed by atoms with van der Waals surface area (Å²) >= 11 is 1.05. The largest absolute Gasteiger partial charge is 0.477 e. The molecule has 8 nitrogen and oxygen atoms in total. The Kier molecular flexibility index (Phi) is 5.04. The minimum Gasteiger partial charge on any atom is -0.477 e. The van der Waals surface area contributed by atoms with Gasteiger partial charge in [0.05, 0.1) is 23.1 Å². The van der Waals surface area contributed by atoms with Gasteiger partial charge in [0.1, 0.15) is 9.88 Å². The minimum atomic E-state index is -1.02. The van der Waals surface area contributed by atoms with E-state index < -0.39 is 12.0 Å². The summed E-state index contributed by atoms with van der Waals surface area (Å²) < 4.78 is 1.61. The van der Waals surface area contributed by atoms with Gasteiger partial charge in [-0.25, -0.2) is 14.5 Å². The van der Waals surface area contributed by atoms with Gasteiger partial charge in [0, 0.05) is 0 Å². The average Bonchev–Trinajstić information content (AvgIpc) is 3.18. The molecule has 1 unspecified atom stereocenters. The number of rotatable bonds is 5. The van der Waals surface area contributed by atoms with Crippen molar-refractivity contribution in [2.75, 3.05) is 0 Å². The van der Waals surface area contributed by atoms with E-state index in [0.717, 1.165) is 22.6 Å². The molecule has 0 fully saturated rings. The second-order valence-electron chi connectivity index (χ2n) is 6.24. The Labute approximate surface area is 159 Å². The van der Waals surface area contributed by atoms with Gasteiger partial charge < -0.3 is 10.4 Å². The van der Waals surface area contributed by atoms with Crippen LogP contribution < -0.4 is 5.32 Å². The van der Waals surface area contributed by atoms with Crippen LogP contribution in [0.5, 0.6) is 0 Å². The van der Waals surface area contributed by atoms with E-state index >= 15 is 0 Å². The maximum absolute atomic E-state index is 12.6. The van der Waals surface area contributed by atoms with E-state index in [9.17, 15) is 9.59 Å². The second-order valence-corrected chi connectivity index (χ2v) is 7.27. The first kappa shape index (κ1) is 18.7. The van der Waals surface area contributed by atoms with Crippen molar-refractivity contribution < 1.29 is 14.7 Å². The maximum Gasteiger partial charge on any atom is 0.347 e. The highest BCUT2D eigenvalue weighted by Gasteiger charge is 2.23. The zero-order valence-electron chi connectivity index (χ0n) is 15.3. The zero-order chi connectivity index (χ0) is 19.7. The maximum atomic E-state index is 12.6. The predicted octanol–water partition coefficient (Wildman–Crippen LogP) is 2.84. The number of aromatic nitrogens is 4. The molecule has 1 amide bonds. The lowest BCUT2D eigenvalue weighted by atomic mass is 10.2. The van der Waals surface area contributed by atoms with Crippen LogP contribution in [-0.2, 0) is 0 Å². The van der Waals surface area contributed by atoms with Gasteiger partial charge in [0.2, 0.25) is 0 Å². The molecule has 1 atom stereocenters. The van der Waals surface area contributed by atoms with Crippen molar-refractivity contribution in [2.45, 2.75) is 33.7 Å². The van der Waals surface area contributed by atoms with E-state index in [1.165, 1.54) is 0 Å². The summed E-state index contributed by atoms with van der Waals surface area (Å²) in [4.78, 5) is 28.2. The van der Waals surface area contributed by atoms with Gasteiger partial charge >= 0.3 is 5.97 Å². The Morgan fingerprint density at radius 1 is 1.26 bits per heavy atom. The number of benzene rings is 1.